The zero-order chi connectivity index (χ0) is 17.3. The fraction of sp³-hybridized carbons (Fsp3) is 0.200. The van der Waals surface area contributed by atoms with E-state index >= 15 is 0 Å². The van der Waals surface area contributed by atoms with Gasteiger partial charge in [0.15, 0.2) is 5.43 Å². The highest BCUT2D eigenvalue weighted by Gasteiger charge is 2.12. The topological polar surface area (TPSA) is 56.5 Å². The van der Waals surface area contributed by atoms with Crippen molar-refractivity contribution in [1.82, 2.24) is 0 Å². The van der Waals surface area contributed by atoms with Gasteiger partial charge in [-0.1, -0.05) is 23.8 Å². The summed E-state index contributed by atoms with van der Waals surface area (Å²) in [5, 5.41) is 0.550. The number of fused-ring (bicyclic) bond motifs is 1. The molecule has 0 fully saturated rings. The first-order valence-corrected chi connectivity index (χ1v) is 7.80. The van der Waals surface area contributed by atoms with Crippen molar-refractivity contribution >= 4 is 16.9 Å². The molecule has 0 aliphatic rings. The number of esters is 1. The maximum Gasteiger partial charge on any atom is 0.338 e. The van der Waals surface area contributed by atoms with Crippen molar-refractivity contribution in [3.05, 3.63) is 69.9 Å². The average molecular weight is 322 g/mol. The van der Waals surface area contributed by atoms with Crippen LogP contribution in [0.1, 0.15) is 29.8 Å². The Labute approximate surface area is 139 Å². The van der Waals surface area contributed by atoms with Crippen LogP contribution in [0.2, 0.25) is 0 Å². The molecule has 0 spiro atoms. The van der Waals surface area contributed by atoms with Crippen LogP contribution in [-0.2, 0) is 4.74 Å². The lowest BCUT2D eigenvalue weighted by Gasteiger charge is -2.09. The summed E-state index contributed by atoms with van der Waals surface area (Å²) in [7, 11) is 0. The Bertz CT molecular complexity index is 967. The third-order valence-electron chi connectivity index (χ3n) is 3.61. The molecule has 4 heteroatoms. The third-order valence-corrected chi connectivity index (χ3v) is 3.61. The molecule has 1 heterocycles. The second kappa shape index (κ2) is 6.32. The quantitative estimate of drug-likeness (QED) is 0.673. The van der Waals surface area contributed by atoms with Gasteiger partial charge in [0.05, 0.1) is 17.1 Å². The van der Waals surface area contributed by atoms with E-state index in [9.17, 15) is 9.59 Å². The molecule has 122 valence electrons. The average Bonchev–Trinajstić information content (AvgIpc) is 2.55. The Balaban J connectivity index is 2.06. The number of hydrogen-bond acceptors (Lipinski definition) is 4. The number of carbonyl (C=O) groups is 1. The molecule has 2 aromatic carbocycles. The van der Waals surface area contributed by atoms with Gasteiger partial charge in [0.2, 0.25) is 0 Å². The molecule has 0 aliphatic heterocycles. The molecule has 0 bridgehead atoms. The van der Waals surface area contributed by atoms with Gasteiger partial charge in [-0.25, -0.2) is 4.79 Å². The number of carbonyl (C=O) groups excluding carboxylic acids is 1. The lowest BCUT2D eigenvalue weighted by atomic mass is 10.1. The zero-order valence-corrected chi connectivity index (χ0v) is 13.8. The Morgan fingerprint density at radius 3 is 2.62 bits per heavy atom. The number of hydrogen-bond donors (Lipinski definition) is 0. The van der Waals surface area contributed by atoms with Crippen molar-refractivity contribution in [3.63, 3.8) is 0 Å². The second-order valence-electron chi connectivity index (χ2n) is 6.01. The van der Waals surface area contributed by atoms with E-state index in [-0.39, 0.29) is 11.5 Å². The fourth-order valence-electron chi connectivity index (χ4n) is 2.49. The number of aryl methyl sites for hydroxylation is 1. The van der Waals surface area contributed by atoms with Crippen molar-refractivity contribution < 1.29 is 13.9 Å². The molecule has 0 N–H and O–H groups in total. The van der Waals surface area contributed by atoms with Crippen molar-refractivity contribution in [1.29, 1.82) is 0 Å². The molecule has 4 nitrogen and oxygen atoms in total. The third kappa shape index (κ3) is 3.23. The minimum Gasteiger partial charge on any atom is -0.459 e. The van der Waals surface area contributed by atoms with E-state index in [1.54, 1.807) is 50.2 Å². The summed E-state index contributed by atoms with van der Waals surface area (Å²) in [6.45, 7) is 5.52. The summed E-state index contributed by atoms with van der Waals surface area (Å²) >= 11 is 0. The Morgan fingerprint density at radius 2 is 1.88 bits per heavy atom. The molecule has 1 aromatic heterocycles. The van der Waals surface area contributed by atoms with Gasteiger partial charge in [-0.05, 0) is 45.0 Å². The van der Waals surface area contributed by atoms with Gasteiger partial charge in [0.25, 0.3) is 0 Å². The predicted molar refractivity (Wildman–Crippen MR) is 93.2 cm³/mol. The smallest absolute Gasteiger partial charge is 0.338 e. The highest BCUT2D eigenvalue weighted by molar-refractivity contribution is 5.91. The maximum absolute atomic E-state index is 12.3. The Hall–Kier alpha value is -2.88. The zero-order valence-electron chi connectivity index (χ0n) is 13.8. The molecule has 24 heavy (non-hydrogen) atoms. The lowest BCUT2D eigenvalue weighted by Crippen LogP contribution is -2.11. The normalized spacial score (nSPS) is 11.0. The van der Waals surface area contributed by atoms with E-state index in [4.69, 9.17) is 9.15 Å². The molecule has 3 rings (SSSR count). The van der Waals surface area contributed by atoms with Gasteiger partial charge in [0.1, 0.15) is 11.3 Å². The summed E-state index contributed by atoms with van der Waals surface area (Å²) in [5.74, 6) is 0.0289. The number of rotatable bonds is 3. The Kier molecular flexibility index (Phi) is 4.21. The lowest BCUT2D eigenvalue weighted by molar-refractivity contribution is 0.0378. The van der Waals surface area contributed by atoms with E-state index in [2.05, 4.69) is 0 Å². The van der Waals surface area contributed by atoms with Crippen molar-refractivity contribution in [2.75, 3.05) is 0 Å². The molecule has 0 radical (unpaired) electrons. The van der Waals surface area contributed by atoms with Gasteiger partial charge in [-0.15, -0.1) is 0 Å². The molecular weight excluding hydrogens is 304 g/mol. The summed E-state index contributed by atoms with van der Waals surface area (Å²) in [6, 6.07) is 13.8. The Morgan fingerprint density at radius 1 is 1.08 bits per heavy atom. The van der Waals surface area contributed by atoms with Crippen LogP contribution in [0.15, 0.2) is 57.7 Å². The first-order valence-electron chi connectivity index (χ1n) is 7.80. The minimum atomic E-state index is -0.398. The SMILES string of the molecule is Cc1ccc2oc(-c3cccc(C(=O)OC(C)C)c3)cc(=O)c2c1. The van der Waals surface area contributed by atoms with E-state index in [1.807, 2.05) is 13.0 Å². The summed E-state index contributed by atoms with van der Waals surface area (Å²) < 4.78 is 11.1. The molecule has 3 aromatic rings. The van der Waals surface area contributed by atoms with Gasteiger partial charge in [-0.3, -0.25) is 4.79 Å². The summed E-state index contributed by atoms with van der Waals surface area (Å²) in [5.41, 5.74) is 2.50. The molecule has 0 aliphatic carbocycles. The molecule has 0 amide bonds. The summed E-state index contributed by atoms with van der Waals surface area (Å²) in [4.78, 5) is 24.4. The highest BCUT2D eigenvalue weighted by Crippen LogP contribution is 2.24. The second-order valence-corrected chi connectivity index (χ2v) is 6.01. The molecule has 0 saturated carbocycles. The number of benzene rings is 2. The highest BCUT2D eigenvalue weighted by atomic mass is 16.5. The molecule has 0 saturated heterocycles. The molecule has 0 atom stereocenters. The monoisotopic (exact) mass is 322 g/mol. The van der Waals surface area contributed by atoms with Gasteiger partial charge < -0.3 is 9.15 Å². The van der Waals surface area contributed by atoms with E-state index in [0.29, 0.717) is 27.9 Å². The van der Waals surface area contributed by atoms with Crippen LogP contribution in [0.3, 0.4) is 0 Å². The van der Waals surface area contributed by atoms with Crippen LogP contribution in [0.5, 0.6) is 0 Å². The van der Waals surface area contributed by atoms with Crippen molar-refractivity contribution in [2.24, 2.45) is 0 Å². The molecular formula is C20H18O4. The first-order chi connectivity index (χ1) is 11.4. The largest absolute Gasteiger partial charge is 0.459 e. The van der Waals surface area contributed by atoms with Crippen molar-refractivity contribution in [2.45, 2.75) is 26.9 Å². The summed E-state index contributed by atoms with van der Waals surface area (Å²) in [6.07, 6.45) is -0.192. The predicted octanol–water partition coefficient (Wildman–Crippen LogP) is 4.33. The van der Waals surface area contributed by atoms with Crippen LogP contribution in [0, 0.1) is 6.92 Å². The van der Waals surface area contributed by atoms with E-state index in [1.165, 1.54) is 6.07 Å². The van der Waals surface area contributed by atoms with Gasteiger partial charge >= 0.3 is 5.97 Å². The molecule has 0 unspecified atom stereocenters. The maximum atomic E-state index is 12.3. The van der Waals surface area contributed by atoms with E-state index in [0.717, 1.165) is 5.56 Å². The van der Waals surface area contributed by atoms with Crippen LogP contribution >= 0.6 is 0 Å². The van der Waals surface area contributed by atoms with Crippen LogP contribution in [-0.4, -0.2) is 12.1 Å². The van der Waals surface area contributed by atoms with Crippen LogP contribution < -0.4 is 5.43 Å². The number of ether oxygens (including phenoxy) is 1. The first kappa shape index (κ1) is 16.0. The van der Waals surface area contributed by atoms with Crippen molar-refractivity contribution in [3.8, 4) is 11.3 Å². The van der Waals surface area contributed by atoms with Gasteiger partial charge in [0, 0.05) is 11.6 Å². The minimum absolute atomic E-state index is 0.106. The van der Waals surface area contributed by atoms with E-state index < -0.39 is 5.97 Å². The van der Waals surface area contributed by atoms with Crippen LogP contribution in [0.4, 0.5) is 0 Å². The van der Waals surface area contributed by atoms with Gasteiger partial charge in [-0.2, -0.15) is 0 Å². The fourth-order valence-corrected chi connectivity index (χ4v) is 2.49. The standard InChI is InChI=1S/C20H18O4/c1-12(2)23-20(22)15-6-4-5-14(10-15)19-11-17(21)16-9-13(3)7-8-18(16)24-19/h4-12H,1-3H3. The van der Waals surface area contributed by atoms with Crippen LogP contribution in [0.25, 0.3) is 22.3 Å².